The molecular formula is C35H27N5O. The van der Waals surface area contributed by atoms with Crippen molar-refractivity contribution in [2.45, 2.75) is 12.5 Å². The fourth-order valence-electron chi connectivity index (χ4n) is 6.30. The summed E-state index contributed by atoms with van der Waals surface area (Å²) >= 11 is 0. The number of aromatic nitrogens is 2. The second-order valence-electron chi connectivity index (χ2n) is 10.9. The van der Waals surface area contributed by atoms with Crippen LogP contribution in [0.5, 0.6) is 0 Å². The molecule has 3 heterocycles. The molecule has 6 nitrogen and oxygen atoms in total. The lowest BCUT2D eigenvalue weighted by atomic mass is 9.92. The van der Waals surface area contributed by atoms with Gasteiger partial charge >= 0.3 is 0 Å². The first-order valence-electron chi connectivity index (χ1n) is 13.9. The zero-order valence-corrected chi connectivity index (χ0v) is 22.8. The number of rotatable bonds is 4. The van der Waals surface area contributed by atoms with Gasteiger partial charge in [-0.3, -0.25) is 14.2 Å². The van der Waals surface area contributed by atoms with E-state index in [4.69, 9.17) is 10.1 Å². The smallest absolute Gasteiger partial charge is 0.264 e. The van der Waals surface area contributed by atoms with E-state index in [9.17, 15) is 4.79 Å². The third kappa shape index (κ3) is 3.54. The number of hydrogen-bond donors (Lipinski definition) is 0. The van der Waals surface area contributed by atoms with Gasteiger partial charge in [-0.05, 0) is 53.4 Å². The van der Waals surface area contributed by atoms with Gasteiger partial charge in [-0.15, -0.1) is 0 Å². The topological polar surface area (TPSA) is 53.2 Å². The summed E-state index contributed by atoms with van der Waals surface area (Å²) in [5.74, 6) is 0. The second-order valence-corrected chi connectivity index (χ2v) is 10.9. The average molecular weight is 534 g/mol. The minimum atomic E-state index is -0.0397. The van der Waals surface area contributed by atoms with E-state index in [1.54, 1.807) is 4.40 Å². The van der Waals surface area contributed by atoms with Gasteiger partial charge in [-0.2, -0.15) is 5.10 Å². The molecule has 1 atom stereocenters. The Kier molecular flexibility index (Phi) is 5.13. The first-order chi connectivity index (χ1) is 20.1. The fourth-order valence-corrected chi connectivity index (χ4v) is 6.30. The van der Waals surface area contributed by atoms with Crippen molar-refractivity contribution in [2.24, 2.45) is 5.10 Å². The molecule has 0 saturated heterocycles. The monoisotopic (exact) mass is 533 g/mol. The van der Waals surface area contributed by atoms with Crippen LogP contribution in [0.3, 0.4) is 0 Å². The van der Waals surface area contributed by atoms with Crippen molar-refractivity contribution in [3.05, 3.63) is 131 Å². The molecule has 2 aromatic heterocycles. The van der Waals surface area contributed by atoms with E-state index in [-0.39, 0.29) is 11.6 Å². The molecule has 6 heteroatoms. The maximum Gasteiger partial charge on any atom is 0.264 e. The number of nitrogens with zero attached hydrogens (tertiary/aromatic N) is 5. The van der Waals surface area contributed by atoms with Crippen LogP contribution in [0.2, 0.25) is 0 Å². The number of fused-ring (bicyclic) bond motifs is 4. The van der Waals surface area contributed by atoms with Crippen LogP contribution < -0.4 is 15.5 Å². The molecule has 41 heavy (non-hydrogen) atoms. The highest BCUT2D eigenvalue weighted by molar-refractivity contribution is 6.22. The maximum absolute atomic E-state index is 13.8. The Balaban J connectivity index is 1.32. The molecule has 0 bridgehead atoms. The summed E-state index contributed by atoms with van der Waals surface area (Å²) in [4.78, 5) is 20.8. The van der Waals surface area contributed by atoms with E-state index in [1.807, 2.05) is 36.4 Å². The van der Waals surface area contributed by atoms with Crippen LogP contribution in [-0.2, 0) is 0 Å². The van der Waals surface area contributed by atoms with Gasteiger partial charge in [0.05, 0.1) is 28.5 Å². The summed E-state index contributed by atoms with van der Waals surface area (Å²) in [6.07, 6.45) is 0.751. The zero-order valence-electron chi connectivity index (χ0n) is 22.8. The fraction of sp³-hybridized carbons (Fsp3) is 0.114. The van der Waals surface area contributed by atoms with Gasteiger partial charge in [0.2, 0.25) is 0 Å². The predicted octanol–water partition coefficient (Wildman–Crippen LogP) is 7.01. The summed E-state index contributed by atoms with van der Waals surface area (Å²) in [6.45, 7) is 0. The largest absolute Gasteiger partial charge is 0.378 e. The van der Waals surface area contributed by atoms with Gasteiger partial charge in [0.1, 0.15) is 5.65 Å². The van der Waals surface area contributed by atoms with E-state index >= 15 is 0 Å². The normalized spacial score (nSPS) is 15.4. The molecular weight excluding hydrogens is 506 g/mol. The van der Waals surface area contributed by atoms with Crippen LogP contribution >= 0.6 is 0 Å². The van der Waals surface area contributed by atoms with Gasteiger partial charge in [-0.25, -0.2) is 4.98 Å². The standard InChI is InChI=1S/C35H27N5O/c1-38(2)23-17-15-22(16-18-23)32-21-30(37-40(32)24-9-4-3-5-10-24)25-19-20-28-33-26(25)11-8-12-27(33)34-36-29-13-6-7-14-31(29)39(34)35(28)41/h3-20,32H,21H2,1-2H3. The summed E-state index contributed by atoms with van der Waals surface area (Å²) < 4.78 is 1.75. The molecule has 7 aromatic rings. The van der Waals surface area contributed by atoms with E-state index in [1.165, 1.54) is 11.3 Å². The van der Waals surface area contributed by atoms with Gasteiger partial charge in [0.15, 0.2) is 0 Å². The van der Waals surface area contributed by atoms with Crippen LogP contribution in [0, 0.1) is 0 Å². The molecule has 0 N–H and O–H groups in total. The average Bonchev–Trinajstić information content (AvgIpc) is 3.63. The minimum absolute atomic E-state index is 0.0397. The zero-order chi connectivity index (χ0) is 27.7. The highest BCUT2D eigenvalue weighted by Gasteiger charge is 2.31. The van der Waals surface area contributed by atoms with Crippen molar-refractivity contribution in [1.82, 2.24) is 9.38 Å². The summed E-state index contributed by atoms with van der Waals surface area (Å²) in [7, 11) is 4.11. The predicted molar refractivity (Wildman–Crippen MR) is 169 cm³/mol. The summed E-state index contributed by atoms with van der Waals surface area (Å²) in [6, 6.07) is 37.2. The van der Waals surface area contributed by atoms with Gasteiger partial charge in [0, 0.05) is 47.9 Å². The second kappa shape index (κ2) is 8.89. The molecule has 0 saturated carbocycles. The van der Waals surface area contributed by atoms with Crippen molar-refractivity contribution in [3.63, 3.8) is 0 Å². The highest BCUT2D eigenvalue weighted by atomic mass is 16.1. The lowest BCUT2D eigenvalue weighted by Crippen LogP contribution is -2.18. The van der Waals surface area contributed by atoms with Gasteiger partial charge < -0.3 is 4.90 Å². The van der Waals surface area contributed by atoms with E-state index in [0.717, 1.165) is 50.6 Å². The SMILES string of the molecule is CN(C)c1ccc(C2CC(c3ccc4c(=O)n5c6ccccc6nc5c5cccc3c45)=NN2c2ccccc2)cc1. The molecule has 5 aromatic carbocycles. The van der Waals surface area contributed by atoms with Crippen LogP contribution in [0.4, 0.5) is 11.4 Å². The Labute approximate surface area is 236 Å². The van der Waals surface area contributed by atoms with Gasteiger partial charge in [0.25, 0.3) is 5.56 Å². The highest BCUT2D eigenvalue weighted by Crippen LogP contribution is 2.39. The van der Waals surface area contributed by atoms with Crippen LogP contribution in [0.25, 0.3) is 38.2 Å². The lowest BCUT2D eigenvalue weighted by molar-refractivity contribution is 0.709. The number of pyridine rings is 1. The van der Waals surface area contributed by atoms with E-state index in [0.29, 0.717) is 11.0 Å². The lowest BCUT2D eigenvalue weighted by Gasteiger charge is -2.24. The van der Waals surface area contributed by atoms with Crippen molar-refractivity contribution in [2.75, 3.05) is 24.0 Å². The number of para-hydroxylation sites is 3. The Morgan fingerprint density at radius 2 is 1.51 bits per heavy atom. The molecule has 8 rings (SSSR count). The number of anilines is 2. The molecule has 0 spiro atoms. The molecule has 0 radical (unpaired) electrons. The minimum Gasteiger partial charge on any atom is -0.378 e. The Morgan fingerprint density at radius 3 is 2.32 bits per heavy atom. The number of benzene rings is 5. The molecule has 0 fully saturated rings. The van der Waals surface area contributed by atoms with Crippen molar-refractivity contribution in [3.8, 4) is 0 Å². The summed E-state index contributed by atoms with van der Waals surface area (Å²) in [5, 5.41) is 11.0. The summed E-state index contributed by atoms with van der Waals surface area (Å²) in [5.41, 5.74) is 7.80. The first-order valence-corrected chi connectivity index (χ1v) is 13.9. The quantitative estimate of drug-likeness (QED) is 0.244. The first kappa shape index (κ1) is 23.6. The van der Waals surface area contributed by atoms with Crippen LogP contribution in [0.1, 0.15) is 23.6 Å². The van der Waals surface area contributed by atoms with Crippen molar-refractivity contribution in [1.29, 1.82) is 0 Å². The Morgan fingerprint density at radius 1 is 0.756 bits per heavy atom. The van der Waals surface area contributed by atoms with E-state index < -0.39 is 0 Å². The number of hydrazone groups is 1. The molecule has 0 aliphatic carbocycles. The van der Waals surface area contributed by atoms with Crippen LogP contribution in [0.15, 0.2) is 119 Å². The third-order valence-electron chi connectivity index (χ3n) is 8.31. The molecule has 1 aliphatic rings. The number of imidazole rings is 1. The van der Waals surface area contributed by atoms with Crippen molar-refractivity contribution >= 4 is 55.3 Å². The molecule has 0 amide bonds. The molecule has 1 aliphatic heterocycles. The van der Waals surface area contributed by atoms with E-state index in [2.05, 4.69) is 96.8 Å². The third-order valence-corrected chi connectivity index (χ3v) is 8.31. The Bertz CT molecular complexity index is 2180. The molecule has 1 unspecified atom stereocenters. The van der Waals surface area contributed by atoms with Crippen LogP contribution in [-0.4, -0.2) is 29.2 Å². The number of hydrogen-bond acceptors (Lipinski definition) is 5. The molecule has 198 valence electrons. The Hall–Kier alpha value is -5.23. The van der Waals surface area contributed by atoms with Gasteiger partial charge in [-0.1, -0.05) is 66.7 Å². The van der Waals surface area contributed by atoms with Crippen molar-refractivity contribution < 1.29 is 0 Å². The maximum atomic E-state index is 13.8.